The van der Waals surface area contributed by atoms with Gasteiger partial charge < -0.3 is 10.0 Å². The highest BCUT2D eigenvalue weighted by Gasteiger charge is 2.32. The topological polar surface area (TPSA) is 113 Å². The number of hydrogen-bond donors (Lipinski definition) is 1. The Labute approximate surface area is 189 Å². The highest BCUT2D eigenvalue weighted by atomic mass is 32.2. The second kappa shape index (κ2) is 8.75. The fourth-order valence-electron chi connectivity index (χ4n) is 3.55. The lowest BCUT2D eigenvalue weighted by molar-refractivity contribution is 0.0689. The highest BCUT2D eigenvalue weighted by molar-refractivity contribution is 7.89. The second-order valence-corrected chi connectivity index (χ2v) is 9.52. The fourth-order valence-corrected chi connectivity index (χ4v) is 5.14. The number of piperazine rings is 1. The number of aromatic nitrogens is 2. The van der Waals surface area contributed by atoms with Gasteiger partial charge in [0.1, 0.15) is 22.2 Å². The zero-order valence-corrected chi connectivity index (χ0v) is 18.5. The van der Waals surface area contributed by atoms with E-state index in [1.165, 1.54) is 57.7 Å². The first-order valence-electron chi connectivity index (χ1n) is 10.1. The fraction of sp³-hybridized carbons (Fsp3) is 0.227. The smallest absolute Gasteiger partial charge is 0.274 e. The van der Waals surface area contributed by atoms with Crippen LogP contribution in [0, 0.1) is 12.7 Å². The number of carbonyl (C=O) groups excluding carboxylic acids is 1. The summed E-state index contributed by atoms with van der Waals surface area (Å²) in [4.78, 5) is 26.4. The molecule has 1 fully saturated rings. The molecule has 4 rings (SSSR count). The SMILES string of the molecule is Cc1ccc(O)c(S(=O)(=O)N2CCN(C(=O)c3ccc(=O)n(-c4ccc(F)cc4)n3)CC2)c1. The molecule has 1 N–H and O–H groups in total. The van der Waals surface area contributed by atoms with Gasteiger partial charge in [-0.25, -0.2) is 12.8 Å². The Balaban J connectivity index is 1.51. The molecule has 1 aliphatic heterocycles. The number of hydrogen-bond acceptors (Lipinski definition) is 6. The molecule has 2 heterocycles. The van der Waals surface area contributed by atoms with Gasteiger partial charge in [-0.3, -0.25) is 9.59 Å². The first-order chi connectivity index (χ1) is 15.7. The van der Waals surface area contributed by atoms with Crippen LogP contribution in [0.3, 0.4) is 0 Å². The van der Waals surface area contributed by atoms with Gasteiger partial charge in [-0.1, -0.05) is 6.07 Å². The maximum atomic E-state index is 13.2. The molecule has 0 spiro atoms. The maximum absolute atomic E-state index is 13.2. The van der Waals surface area contributed by atoms with Crippen molar-refractivity contribution in [1.29, 1.82) is 0 Å². The molecule has 1 amide bonds. The first-order valence-corrected chi connectivity index (χ1v) is 11.6. The molecule has 0 atom stereocenters. The number of benzene rings is 2. The van der Waals surface area contributed by atoms with E-state index in [0.29, 0.717) is 11.3 Å². The number of phenolic OH excluding ortho intramolecular Hbond substituents is 1. The van der Waals surface area contributed by atoms with E-state index in [1.54, 1.807) is 13.0 Å². The Morgan fingerprint density at radius 1 is 1.00 bits per heavy atom. The van der Waals surface area contributed by atoms with Crippen LogP contribution in [0.1, 0.15) is 16.1 Å². The quantitative estimate of drug-likeness (QED) is 0.616. The number of amides is 1. The third-order valence-electron chi connectivity index (χ3n) is 5.35. The van der Waals surface area contributed by atoms with E-state index in [1.807, 2.05) is 0 Å². The van der Waals surface area contributed by atoms with Gasteiger partial charge >= 0.3 is 0 Å². The van der Waals surface area contributed by atoms with E-state index in [0.717, 1.165) is 4.68 Å². The minimum Gasteiger partial charge on any atom is -0.507 e. The molecule has 9 nitrogen and oxygen atoms in total. The van der Waals surface area contributed by atoms with Crippen LogP contribution in [0.4, 0.5) is 4.39 Å². The number of rotatable bonds is 4. The molecular formula is C22H21FN4O5S. The van der Waals surface area contributed by atoms with E-state index >= 15 is 0 Å². The van der Waals surface area contributed by atoms with Crippen molar-refractivity contribution in [2.75, 3.05) is 26.2 Å². The van der Waals surface area contributed by atoms with Gasteiger partial charge in [0.2, 0.25) is 10.0 Å². The lowest BCUT2D eigenvalue weighted by Crippen LogP contribution is -2.50. The molecule has 0 aliphatic carbocycles. The molecule has 0 bridgehead atoms. The molecular weight excluding hydrogens is 451 g/mol. The predicted molar refractivity (Wildman–Crippen MR) is 117 cm³/mol. The molecule has 0 saturated carbocycles. The number of sulfonamides is 1. The van der Waals surface area contributed by atoms with E-state index < -0.39 is 27.3 Å². The number of carbonyl (C=O) groups is 1. The molecule has 2 aromatic carbocycles. The molecule has 1 aliphatic rings. The zero-order valence-electron chi connectivity index (χ0n) is 17.7. The van der Waals surface area contributed by atoms with Gasteiger partial charge in [-0.05, 0) is 55.0 Å². The van der Waals surface area contributed by atoms with Crippen LogP contribution in [-0.2, 0) is 10.0 Å². The second-order valence-electron chi connectivity index (χ2n) is 7.61. The van der Waals surface area contributed by atoms with Gasteiger partial charge in [0.15, 0.2) is 0 Å². The summed E-state index contributed by atoms with van der Waals surface area (Å²) >= 11 is 0. The Morgan fingerprint density at radius 2 is 1.67 bits per heavy atom. The Hall–Kier alpha value is -3.57. The summed E-state index contributed by atoms with van der Waals surface area (Å²) in [6.07, 6.45) is 0. The minimum absolute atomic E-state index is 0.00607. The van der Waals surface area contributed by atoms with Crippen LogP contribution < -0.4 is 5.56 Å². The van der Waals surface area contributed by atoms with E-state index in [9.17, 15) is 27.5 Å². The van der Waals surface area contributed by atoms with Gasteiger partial charge in [-0.15, -0.1) is 0 Å². The molecule has 3 aromatic rings. The average Bonchev–Trinajstić information content (AvgIpc) is 2.81. The summed E-state index contributed by atoms with van der Waals surface area (Å²) in [5, 5.41) is 14.1. The van der Waals surface area contributed by atoms with E-state index in [2.05, 4.69) is 5.10 Å². The molecule has 33 heavy (non-hydrogen) atoms. The lowest BCUT2D eigenvalue weighted by atomic mass is 10.2. The van der Waals surface area contributed by atoms with E-state index in [4.69, 9.17) is 0 Å². The monoisotopic (exact) mass is 472 g/mol. The van der Waals surface area contributed by atoms with Crippen LogP contribution in [0.2, 0.25) is 0 Å². The van der Waals surface area contributed by atoms with Crippen LogP contribution in [-0.4, -0.2) is 64.6 Å². The maximum Gasteiger partial charge on any atom is 0.274 e. The van der Waals surface area contributed by atoms with Crippen molar-refractivity contribution < 1.29 is 22.7 Å². The molecule has 172 valence electrons. The summed E-state index contributed by atoms with van der Waals surface area (Å²) in [6, 6.07) is 12.0. The number of aromatic hydroxyl groups is 1. The van der Waals surface area contributed by atoms with Crippen molar-refractivity contribution in [3.05, 3.63) is 82.0 Å². The van der Waals surface area contributed by atoms with Crippen molar-refractivity contribution in [2.45, 2.75) is 11.8 Å². The van der Waals surface area contributed by atoms with Crippen molar-refractivity contribution in [3.63, 3.8) is 0 Å². The number of aryl methyl sites for hydroxylation is 1. The Morgan fingerprint density at radius 3 is 2.33 bits per heavy atom. The third kappa shape index (κ3) is 4.50. The number of phenols is 1. The minimum atomic E-state index is -3.93. The van der Waals surface area contributed by atoms with Crippen LogP contribution in [0.15, 0.2) is 64.3 Å². The lowest BCUT2D eigenvalue weighted by Gasteiger charge is -2.34. The predicted octanol–water partition coefficient (Wildman–Crippen LogP) is 1.53. The first kappa shape index (κ1) is 22.6. The van der Waals surface area contributed by atoms with Crippen molar-refractivity contribution >= 4 is 15.9 Å². The Bertz CT molecular complexity index is 1360. The van der Waals surface area contributed by atoms with Crippen LogP contribution in [0.5, 0.6) is 5.75 Å². The van der Waals surface area contributed by atoms with Crippen molar-refractivity contribution in [3.8, 4) is 11.4 Å². The van der Waals surface area contributed by atoms with Crippen LogP contribution in [0.25, 0.3) is 5.69 Å². The summed E-state index contributed by atoms with van der Waals surface area (Å²) in [6.45, 7) is 2.04. The van der Waals surface area contributed by atoms with Gasteiger partial charge in [0.25, 0.3) is 11.5 Å². The van der Waals surface area contributed by atoms with E-state index in [-0.39, 0.29) is 42.5 Å². The van der Waals surface area contributed by atoms with Gasteiger partial charge in [0, 0.05) is 32.2 Å². The molecule has 1 aromatic heterocycles. The highest BCUT2D eigenvalue weighted by Crippen LogP contribution is 2.27. The van der Waals surface area contributed by atoms with Crippen molar-refractivity contribution in [1.82, 2.24) is 19.0 Å². The van der Waals surface area contributed by atoms with Crippen LogP contribution >= 0.6 is 0 Å². The van der Waals surface area contributed by atoms with Crippen molar-refractivity contribution in [2.24, 2.45) is 0 Å². The third-order valence-corrected chi connectivity index (χ3v) is 7.28. The molecule has 11 heteroatoms. The summed E-state index contributed by atoms with van der Waals surface area (Å²) in [7, 11) is -3.93. The Kier molecular flexibility index (Phi) is 6.00. The van der Waals surface area contributed by atoms with Gasteiger partial charge in [0.05, 0.1) is 5.69 Å². The number of nitrogens with zero attached hydrogens (tertiary/aromatic N) is 4. The normalized spacial score (nSPS) is 14.9. The zero-order chi connectivity index (χ0) is 23.8. The molecule has 0 unspecified atom stereocenters. The summed E-state index contributed by atoms with van der Waals surface area (Å²) in [5.41, 5.74) is 0.533. The summed E-state index contributed by atoms with van der Waals surface area (Å²) in [5.74, 6) is -1.25. The summed E-state index contributed by atoms with van der Waals surface area (Å²) < 4.78 is 41.3. The largest absolute Gasteiger partial charge is 0.507 e. The number of halogens is 1. The van der Waals surface area contributed by atoms with Gasteiger partial charge in [-0.2, -0.15) is 14.1 Å². The standard InChI is InChI=1S/C22H21FN4O5S/c1-15-2-8-19(28)20(14-15)33(31,32)26-12-10-25(11-13-26)22(30)18-7-9-21(29)27(24-18)17-5-3-16(23)4-6-17/h2-9,14,28H,10-13H2,1H3. The molecule has 0 radical (unpaired) electrons. The average molecular weight is 472 g/mol. The molecule has 1 saturated heterocycles.